The maximum atomic E-state index is 11.9. The van der Waals surface area contributed by atoms with Crippen LogP contribution in [0, 0.1) is 0 Å². The summed E-state index contributed by atoms with van der Waals surface area (Å²) in [4.78, 5) is 20.5. The number of rotatable bonds is 5. The van der Waals surface area contributed by atoms with Crippen LogP contribution in [0.5, 0.6) is 0 Å². The molecular weight excluding hydrogens is 316 g/mol. The molecule has 6 nitrogen and oxygen atoms in total. The minimum atomic E-state index is -0.369. The average molecular weight is 334 g/mol. The normalized spacial score (nSPS) is 10.3. The van der Waals surface area contributed by atoms with Crippen molar-refractivity contribution in [3.63, 3.8) is 0 Å². The summed E-state index contributed by atoms with van der Waals surface area (Å²) < 4.78 is 4.83. The maximum Gasteiger partial charge on any atom is 0.338 e. The molecule has 0 atom stereocenters. The van der Waals surface area contributed by atoms with Gasteiger partial charge in [-0.05, 0) is 29.8 Å². The molecule has 0 radical (unpaired) electrons. The Labute approximate surface area is 145 Å². The minimum Gasteiger partial charge on any atom is -0.465 e. The number of pyridine rings is 2. The van der Waals surface area contributed by atoms with Crippen molar-refractivity contribution >= 4 is 17.5 Å². The molecule has 0 saturated carbocycles. The highest BCUT2D eigenvalue weighted by atomic mass is 16.5. The van der Waals surface area contributed by atoms with E-state index in [1.54, 1.807) is 36.7 Å². The molecule has 3 aromatic rings. The van der Waals surface area contributed by atoms with Crippen LogP contribution in [-0.4, -0.2) is 23.0 Å². The lowest BCUT2D eigenvalue weighted by atomic mass is 10.0. The second kappa shape index (κ2) is 7.44. The first kappa shape index (κ1) is 16.4. The van der Waals surface area contributed by atoms with Crippen LogP contribution in [0.3, 0.4) is 0 Å². The van der Waals surface area contributed by atoms with E-state index in [2.05, 4.69) is 15.3 Å². The van der Waals surface area contributed by atoms with Crippen molar-refractivity contribution in [3.05, 3.63) is 72.2 Å². The lowest BCUT2D eigenvalue weighted by molar-refractivity contribution is 0.0601. The van der Waals surface area contributed by atoms with Gasteiger partial charge in [0, 0.05) is 18.0 Å². The number of nitrogen functional groups attached to an aromatic ring is 1. The molecule has 0 amide bonds. The zero-order valence-electron chi connectivity index (χ0n) is 13.8. The summed E-state index contributed by atoms with van der Waals surface area (Å²) in [6.45, 7) is 0.500. The highest BCUT2D eigenvalue weighted by Gasteiger charge is 2.12. The van der Waals surface area contributed by atoms with Gasteiger partial charge in [-0.3, -0.25) is 4.98 Å². The number of nitrogens with zero attached hydrogens (tertiary/aromatic N) is 2. The summed E-state index contributed by atoms with van der Waals surface area (Å²) in [7, 11) is 1.37. The van der Waals surface area contributed by atoms with Gasteiger partial charge in [0.2, 0.25) is 0 Å². The summed E-state index contributed by atoms with van der Waals surface area (Å²) in [5.41, 5.74) is 9.43. The predicted molar refractivity (Wildman–Crippen MR) is 97.0 cm³/mol. The summed E-state index contributed by atoms with van der Waals surface area (Å²) in [6, 6.07) is 14.7. The van der Waals surface area contributed by atoms with Crippen molar-refractivity contribution < 1.29 is 9.53 Å². The van der Waals surface area contributed by atoms with Crippen LogP contribution in [0.15, 0.2) is 60.9 Å². The standard InChI is InChI=1S/C19H18N4O2/c1-25-19(24)16-6-3-2-5-15(16)13-8-9-14(22-11-13)12-23-18-17(20)7-4-10-21-18/h2-11H,12,20H2,1H3,(H,21,23). The molecule has 2 aromatic heterocycles. The van der Waals surface area contributed by atoms with Crippen molar-refractivity contribution in [2.24, 2.45) is 0 Å². The van der Waals surface area contributed by atoms with Gasteiger partial charge in [-0.1, -0.05) is 24.3 Å². The van der Waals surface area contributed by atoms with E-state index >= 15 is 0 Å². The smallest absolute Gasteiger partial charge is 0.338 e. The number of esters is 1. The monoisotopic (exact) mass is 334 g/mol. The Balaban J connectivity index is 1.77. The van der Waals surface area contributed by atoms with Crippen LogP contribution < -0.4 is 11.1 Å². The number of aromatic nitrogens is 2. The van der Waals surface area contributed by atoms with E-state index in [0.717, 1.165) is 16.8 Å². The van der Waals surface area contributed by atoms with Crippen LogP contribution in [0.1, 0.15) is 16.1 Å². The highest BCUT2D eigenvalue weighted by Crippen LogP contribution is 2.24. The van der Waals surface area contributed by atoms with Crippen LogP contribution >= 0.6 is 0 Å². The third-order valence-electron chi connectivity index (χ3n) is 3.74. The van der Waals surface area contributed by atoms with Gasteiger partial charge in [-0.25, -0.2) is 9.78 Å². The number of anilines is 2. The molecule has 0 aliphatic heterocycles. The fraction of sp³-hybridized carbons (Fsp3) is 0.105. The van der Waals surface area contributed by atoms with Crippen molar-refractivity contribution in [1.29, 1.82) is 0 Å². The molecule has 3 N–H and O–H groups in total. The van der Waals surface area contributed by atoms with E-state index in [0.29, 0.717) is 23.6 Å². The van der Waals surface area contributed by atoms with E-state index in [4.69, 9.17) is 10.5 Å². The summed E-state index contributed by atoms with van der Waals surface area (Å²) in [5.74, 6) is 0.261. The van der Waals surface area contributed by atoms with Gasteiger partial charge in [-0.15, -0.1) is 0 Å². The van der Waals surface area contributed by atoms with Crippen molar-refractivity contribution in [1.82, 2.24) is 9.97 Å². The van der Waals surface area contributed by atoms with Gasteiger partial charge < -0.3 is 15.8 Å². The molecule has 0 unspecified atom stereocenters. The second-order valence-electron chi connectivity index (χ2n) is 5.37. The molecular formula is C19H18N4O2. The number of carbonyl (C=O) groups is 1. The molecule has 0 bridgehead atoms. The van der Waals surface area contributed by atoms with E-state index in [1.807, 2.05) is 24.3 Å². The third kappa shape index (κ3) is 3.74. The number of carbonyl (C=O) groups excluding carboxylic acids is 1. The Morgan fingerprint density at radius 1 is 1.12 bits per heavy atom. The average Bonchev–Trinajstić information content (AvgIpc) is 2.67. The van der Waals surface area contributed by atoms with Gasteiger partial charge in [0.15, 0.2) is 0 Å². The number of methoxy groups -OCH3 is 1. The summed E-state index contributed by atoms with van der Waals surface area (Å²) in [6.07, 6.45) is 3.42. The molecule has 6 heteroatoms. The zero-order valence-corrected chi connectivity index (χ0v) is 13.8. The number of benzene rings is 1. The maximum absolute atomic E-state index is 11.9. The minimum absolute atomic E-state index is 0.369. The van der Waals surface area contributed by atoms with Crippen molar-refractivity contribution in [2.75, 3.05) is 18.2 Å². The van der Waals surface area contributed by atoms with Gasteiger partial charge in [0.25, 0.3) is 0 Å². The number of hydrogen-bond donors (Lipinski definition) is 2. The summed E-state index contributed by atoms with van der Waals surface area (Å²) >= 11 is 0. The topological polar surface area (TPSA) is 90.1 Å². The number of nitrogens with one attached hydrogen (secondary N) is 1. The first-order valence-electron chi connectivity index (χ1n) is 7.76. The Morgan fingerprint density at radius 3 is 2.68 bits per heavy atom. The van der Waals surface area contributed by atoms with Crippen LogP contribution in [-0.2, 0) is 11.3 Å². The molecule has 126 valence electrons. The molecule has 0 aliphatic rings. The highest BCUT2D eigenvalue weighted by molar-refractivity contribution is 5.97. The molecule has 0 fully saturated rings. The number of nitrogens with two attached hydrogens (primary N) is 1. The SMILES string of the molecule is COC(=O)c1ccccc1-c1ccc(CNc2ncccc2N)nc1. The molecule has 1 aromatic carbocycles. The fourth-order valence-corrected chi connectivity index (χ4v) is 2.45. The van der Waals surface area contributed by atoms with Gasteiger partial charge in [0.1, 0.15) is 5.82 Å². The molecule has 0 spiro atoms. The third-order valence-corrected chi connectivity index (χ3v) is 3.74. The van der Waals surface area contributed by atoms with E-state index in [9.17, 15) is 4.79 Å². The van der Waals surface area contributed by atoms with E-state index in [-0.39, 0.29) is 5.97 Å². The fourth-order valence-electron chi connectivity index (χ4n) is 2.45. The van der Waals surface area contributed by atoms with E-state index < -0.39 is 0 Å². The lowest BCUT2D eigenvalue weighted by Gasteiger charge is -2.10. The Kier molecular flexibility index (Phi) is 4.89. The zero-order chi connectivity index (χ0) is 17.6. The number of ether oxygens (including phenoxy) is 1. The first-order valence-corrected chi connectivity index (χ1v) is 7.76. The van der Waals surface area contributed by atoms with Gasteiger partial charge in [0.05, 0.1) is 30.6 Å². The van der Waals surface area contributed by atoms with Crippen molar-refractivity contribution in [3.8, 4) is 11.1 Å². The van der Waals surface area contributed by atoms with Gasteiger partial charge >= 0.3 is 5.97 Å². The Morgan fingerprint density at radius 2 is 1.96 bits per heavy atom. The second-order valence-corrected chi connectivity index (χ2v) is 5.37. The molecule has 25 heavy (non-hydrogen) atoms. The largest absolute Gasteiger partial charge is 0.465 e. The van der Waals surface area contributed by atoms with Crippen LogP contribution in [0.2, 0.25) is 0 Å². The van der Waals surface area contributed by atoms with E-state index in [1.165, 1.54) is 7.11 Å². The quantitative estimate of drug-likeness (QED) is 0.697. The first-order chi connectivity index (χ1) is 12.2. The van der Waals surface area contributed by atoms with Gasteiger partial charge in [-0.2, -0.15) is 0 Å². The molecule has 3 rings (SSSR count). The van der Waals surface area contributed by atoms with Crippen LogP contribution in [0.25, 0.3) is 11.1 Å². The molecule has 0 saturated heterocycles. The molecule has 2 heterocycles. The van der Waals surface area contributed by atoms with Crippen molar-refractivity contribution in [2.45, 2.75) is 6.54 Å². The van der Waals surface area contributed by atoms with Crippen LogP contribution in [0.4, 0.5) is 11.5 Å². The lowest BCUT2D eigenvalue weighted by Crippen LogP contribution is -2.06. The number of hydrogen-bond acceptors (Lipinski definition) is 6. The Bertz CT molecular complexity index is 879. The molecule has 0 aliphatic carbocycles. The Hall–Kier alpha value is -3.41. The summed E-state index contributed by atoms with van der Waals surface area (Å²) in [5, 5.41) is 3.15. The predicted octanol–water partition coefficient (Wildman–Crippen LogP) is 3.12.